The Balaban J connectivity index is 1.87. The van der Waals surface area contributed by atoms with Crippen LogP contribution in [0.4, 0.5) is 5.82 Å². The highest BCUT2D eigenvalue weighted by atomic mass is 16.5. The average Bonchev–Trinajstić information content (AvgIpc) is 3.30. The number of aryl methyl sites for hydroxylation is 1. The van der Waals surface area contributed by atoms with Gasteiger partial charge in [-0.1, -0.05) is 11.2 Å². The summed E-state index contributed by atoms with van der Waals surface area (Å²) in [5.74, 6) is -0.581. The number of hydrogen-bond donors (Lipinski definition) is 1. The van der Waals surface area contributed by atoms with E-state index in [2.05, 4.69) is 10.1 Å². The largest absolute Gasteiger partial charge is 0.507 e. The molecule has 0 radical (unpaired) electrons. The molecule has 3 aromatic rings. The number of ether oxygens (including phenoxy) is 1. The van der Waals surface area contributed by atoms with Gasteiger partial charge < -0.3 is 14.4 Å². The predicted octanol–water partition coefficient (Wildman–Crippen LogP) is 3.40. The number of hydrogen-bond acceptors (Lipinski definition) is 7. The molecule has 2 aromatic heterocycles. The summed E-state index contributed by atoms with van der Waals surface area (Å²) < 4.78 is 10.5. The molecule has 1 aliphatic heterocycles. The number of nitrogens with zero attached hydrogens (tertiary/aromatic N) is 3. The Morgan fingerprint density at radius 3 is 2.60 bits per heavy atom. The van der Waals surface area contributed by atoms with Crippen molar-refractivity contribution in [2.24, 2.45) is 0 Å². The van der Waals surface area contributed by atoms with E-state index in [0.717, 1.165) is 0 Å². The zero-order valence-electron chi connectivity index (χ0n) is 16.4. The Hall–Kier alpha value is -3.94. The van der Waals surface area contributed by atoms with E-state index in [9.17, 15) is 14.7 Å². The van der Waals surface area contributed by atoms with Gasteiger partial charge in [0.2, 0.25) is 0 Å². The molecule has 3 heterocycles. The van der Waals surface area contributed by atoms with E-state index in [-0.39, 0.29) is 17.2 Å². The van der Waals surface area contributed by atoms with Crippen LogP contribution in [0, 0.1) is 6.92 Å². The van der Waals surface area contributed by atoms with Crippen molar-refractivity contribution in [3.8, 4) is 5.75 Å². The number of amides is 1. The average molecular weight is 405 g/mol. The number of benzene rings is 1. The normalized spacial score (nSPS) is 18.1. The van der Waals surface area contributed by atoms with Crippen LogP contribution in [0.1, 0.15) is 29.9 Å². The molecular formula is C22H19N3O5. The number of Topliss-reactive ketones (excluding diaryl/α,β-unsaturated/α-hetero) is 1. The van der Waals surface area contributed by atoms with E-state index >= 15 is 0 Å². The van der Waals surface area contributed by atoms with E-state index in [1.165, 1.54) is 4.90 Å². The van der Waals surface area contributed by atoms with Crippen LogP contribution >= 0.6 is 0 Å². The van der Waals surface area contributed by atoms with Crippen molar-refractivity contribution in [3.63, 3.8) is 0 Å². The van der Waals surface area contributed by atoms with Gasteiger partial charge in [-0.05, 0) is 49.7 Å². The lowest BCUT2D eigenvalue weighted by Gasteiger charge is -2.22. The Morgan fingerprint density at radius 2 is 2.00 bits per heavy atom. The highest BCUT2D eigenvalue weighted by Gasteiger charge is 2.48. The topological polar surface area (TPSA) is 106 Å². The first kappa shape index (κ1) is 19.4. The van der Waals surface area contributed by atoms with Crippen LogP contribution in [0.15, 0.2) is 65.0 Å². The second-order valence-corrected chi connectivity index (χ2v) is 6.71. The Morgan fingerprint density at radius 1 is 1.23 bits per heavy atom. The monoisotopic (exact) mass is 405 g/mol. The van der Waals surface area contributed by atoms with Gasteiger partial charge in [-0.25, -0.2) is 0 Å². The summed E-state index contributed by atoms with van der Waals surface area (Å²) in [7, 11) is 0. The van der Waals surface area contributed by atoms with E-state index < -0.39 is 17.7 Å². The van der Waals surface area contributed by atoms with E-state index in [4.69, 9.17) is 9.26 Å². The van der Waals surface area contributed by atoms with Gasteiger partial charge in [-0.2, -0.15) is 0 Å². The SMILES string of the molecule is CCOc1ccc(C(O)=C2C(=O)C(=O)N(c3cc(C)on3)[C@H]2c2cccnc2)cc1. The first-order valence-corrected chi connectivity index (χ1v) is 9.38. The Labute approximate surface area is 172 Å². The van der Waals surface area contributed by atoms with E-state index in [1.807, 2.05) is 6.92 Å². The number of rotatable bonds is 5. The number of carbonyl (C=O) groups excluding carboxylic acids is 2. The summed E-state index contributed by atoms with van der Waals surface area (Å²) in [6.07, 6.45) is 3.13. The van der Waals surface area contributed by atoms with Crippen LogP contribution in [0.2, 0.25) is 0 Å². The molecule has 1 fully saturated rings. The minimum absolute atomic E-state index is 0.0437. The maximum Gasteiger partial charge on any atom is 0.301 e. The number of anilines is 1. The third kappa shape index (κ3) is 3.32. The number of aliphatic hydroxyl groups is 1. The van der Waals surface area contributed by atoms with Gasteiger partial charge in [0.25, 0.3) is 5.78 Å². The highest BCUT2D eigenvalue weighted by molar-refractivity contribution is 6.51. The molecule has 0 saturated carbocycles. The van der Waals surface area contributed by atoms with Crippen LogP contribution in [0.25, 0.3) is 5.76 Å². The van der Waals surface area contributed by atoms with Crippen molar-refractivity contribution in [1.82, 2.24) is 10.1 Å². The van der Waals surface area contributed by atoms with Gasteiger partial charge in [-0.15, -0.1) is 0 Å². The number of aromatic nitrogens is 2. The standard InChI is InChI=1S/C22H19N3O5/c1-3-29-16-8-6-14(7-9-16)20(26)18-19(15-5-4-10-23-12-15)25(22(28)21(18)27)17-11-13(2)30-24-17/h4-12,19,26H,3H2,1-2H3/t19-/m0/s1. The summed E-state index contributed by atoms with van der Waals surface area (Å²) in [5.41, 5.74) is 0.907. The molecule has 1 aliphatic rings. The van der Waals surface area contributed by atoms with Crippen molar-refractivity contribution in [2.45, 2.75) is 19.9 Å². The fourth-order valence-corrected chi connectivity index (χ4v) is 3.42. The molecule has 30 heavy (non-hydrogen) atoms. The zero-order chi connectivity index (χ0) is 21.3. The molecule has 0 unspecified atom stereocenters. The van der Waals surface area contributed by atoms with Crippen LogP contribution < -0.4 is 9.64 Å². The van der Waals surface area contributed by atoms with Crippen molar-refractivity contribution in [1.29, 1.82) is 0 Å². The molecule has 8 nitrogen and oxygen atoms in total. The molecule has 1 saturated heterocycles. The summed E-state index contributed by atoms with van der Waals surface area (Å²) in [6.45, 7) is 4.07. The third-order valence-corrected chi connectivity index (χ3v) is 4.75. The fourth-order valence-electron chi connectivity index (χ4n) is 3.42. The van der Waals surface area contributed by atoms with Crippen molar-refractivity contribution in [3.05, 3.63) is 77.3 Å². The van der Waals surface area contributed by atoms with Gasteiger partial charge in [0.05, 0.1) is 18.2 Å². The van der Waals surface area contributed by atoms with Gasteiger partial charge in [0.15, 0.2) is 5.82 Å². The van der Waals surface area contributed by atoms with Crippen LogP contribution in [-0.2, 0) is 9.59 Å². The minimum atomic E-state index is -0.894. The van der Waals surface area contributed by atoms with Crippen molar-refractivity contribution >= 4 is 23.3 Å². The summed E-state index contributed by atoms with van der Waals surface area (Å²) >= 11 is 0. The summed E-state index contributed by atoms with van der Waals surface area (Å²) in [6, 6.07) is 10.7. The molecule has 1 aromatic carbocycles. The highest BCUT2D eigenvalue weighted by Crippen LogP contribution is 2.41. The second-order valence-electron chi connectivity index (χ2n) is 6.71. The first-order chi connectivity index (χ1) is 14.5. The smallest absolute Gasteiger partial charge is 0.301 e. The lowest BCUT2D eigenvalue weighted by Crippen LogP contribution is -2.29. The summed E-state index contributed by atoms with van der Waals surface area (Å²) in [5, 5.41) is 14.9. The number of aliphatic hydroxyl groups excluding tert-OH is 1. The first-order valence-electron chi connectivity index (χ1n) is 9.38. The van der Waals surface area contributed by atoms with Crippen LogP contribution in [-0.4, -0.2) is 33.5 Å². The second kappa shape index (κ2) is 7.82. The molecule has 1 N–H and O–H groups in total. The molecular weight excluding hydrogens is 386 g/mol. The molecule has 0 spiro atoms. The quantitative estimate of drug-likeness (QED) is 0.394. The number of pyridine rings is 1. The van der Waals surface area contributed by atoms with Crippen LogP contribution in [0.5, 0.6) is 5.75 Å². The van der Waals surface area contributed by atoms with Crippen molar-refractivity contribution < 1.29 is 24.0 Å². The minimum Gasteiger partial charge on any atom is -0.507 e. The Bertz CT molecular complexity index is 1120. The lowest BCUT2D eigenvalue weighted by molar-refractivity contribution is -0.132. The number of ketones is 1. The molecule has 0 bridgehead atoms. The molecule has 152 valence electrons. The predicted molar refractivity (Wildman–Crippen MR) is 108 cm³/mol. The van der Waals surface area contributed by atoms with Gasteiger partial charge in [0, 0.05) is 24.0 Å². The molecule has 4 rings (SSSR count). The van der Waals surface area contributed by atoms with E-state index in [0.29, 0.717) is 29.2 Å². The fraction of sp³-hybridized carbons (Fsp3) is 0.182. The van der Waals surface area contributed by atoms with Crippen LogP contribution in [0.3, 0.4) is 0 Å². The van der Waals surface area contributed by atoms with Gasteiger partial charge in [0.1, 0.15) is 17.3 Å². The Kier molecular flexibility index (Phi) is 5.05. The maximum absolute atomic E-state index is 13.0. The van der Waals surface area contributed by atoms with Gasteiger partial charge >= 0.3 is 5.91 Å². The van der Waals surface area contributed by atoms with Gasteiger partial charge in [-0.3, -0.25) is 19.5 Å². The number of carbonyl (C=O) groups is 2. The van der Waals surface area contributed by atoms with E-state index in [1.54, 1.807) is 61.8 Å². The third-order valence-electron chi connectivity index (χ3n) is 4.75. The maximum atomic E-state index is 13.0. The molecule has 1 amide bonds. The molecule has 0 aliphatic carbocycles. The molecule has 8 heteroatoms. The summed E-state index contributed by atoms with van der Waals surface area (Å²) in [4.78, 5) is 31.2. The van der Waals surface area contributed by atoms with Crippen molar-refractivity contribution in [2.75, 3.05) is 11.5 Å². The zero-order valence-corrected chi connectivity index (χ0v) is 16.4. The molecule has 1 atom stereocenters. The lowest BCUT2D eigenvalue weighted by atomic mass is 9.96.